The van der Waals surface area contributed by atoms with Gasteiger partial charge in [0, 0.05) is 24.5 Å². The molecule has 0 fully saturated rings. The van der Waals surface area contributed by atoms with Crippen LogP contribution >= 0.6 is 0 Å². The molecule has 3 nitrogen and oxygen atoms in total. The first-order chi connectivity index (χ1) is 6.70. The van der Waals surface area contributed by atoms with E-state index in [0.29, 0.717) is 5.69 Å². The van der Waals surface area contributed by atoms with Gasteiger partial charge in [0.15, 0.2) is 0 Å². The Bertz CT molecular complexity index is 345. The molecule has 0 amide bonds. The van der Waals surface area contributed by atoms with Gasteiger partial charge in [-0.1, -0.05) is 6.92 Å². The van der Waals surface area contributed by atoms with E-state index < -0.39 is 0 Å². The zero-order valence-electron chi connectivity index (χ0n) is 8.91. The van der Waals surface area contributed by atoms with Crippen molar-refractivity contribution in [2.75, 3.05) is 6.54 Å². The molecule has 0 aliphatic carbocycles. The molecule has 1 N–H and O–H groups in total. The van der Waals surface area contributed by atoms with E-state index >= 15 is 0 Å². The molecule has 0 spiro atoms. The van der Waals surface area contributed by atoms with Crippen LogP contribution in [0.5, 0.6) is 5.75 Å². The van der Waals surface area contributed by atoms with Crippen molar-refractivity contribution >= 4 is 6.21 Å². The number of rotatable bonds is 3. The summed E-state index contributed by atoms with van der Waals surface area (Å²) < 4.78 is 0. The van der Waals surface area contributed by atoms with Gasteiger partial charge in [-0.3, -0.25) is 9.98 Å². The van der Waals surface area contributed by atoms with Gasteiger partial charge in [0.1, 0.15) is 5.75 Å². The molecule has 1 rings (SSSR count). The maximum absolute atomic E-state index is 9.78. The molecule has 0 atom stereocenters. The second kappa shape index (κ2) is 4.74. The van der Waals surface area contributed by atoms with E-state index in [-0.39, 0.29) is 5.75 Å². The summed E-state index contributed by atoms with van der Waals surface area (Å²) in [6.45, 7) is 6.52. The molecule has 0 aliphatic rings. The Balaban J connectivity index is 3.21. The molecular formula is C11H16N2O. The Hall–Kier alpha value is -1.38. The molecule has 14 heavy (non-hydrogen) atoms. The van der Waals surface area contributed by atoms with Crippen molar-refractivity contribution in [2.24, 2.45) is 4.99 Å². The SMILES string of the molecule is CCN=Cc1c(CC)cnc(C)c1O. The average Bonchev–Trinajstić information content (AvgIpc) is 2.20. The van der Waals surface area contributed by atoms with Crippen molar-refractivity contribution in [3.8, 4) is 5.75 Å². The zero-order chi connectivity index (χ0) is 10.6. The smallest absolute Gasteiger partial charge is 0.145 e. The number of aliphatic imine (C=N–C) groups is 1. The highest BCUT2D eigenvalue weighted by molar-refractivity contribution is 5.85. The van der Waals surface area contributed by atoms with Crippen LogP contribution in [0.2, 0.25) is 0 Å². The molecule has 0 radical (unpaired) electrons. The molecule has 0 saturated heterocycles. The lowest BCUT2D eigenvalue weighted by molar-refractivity contribution is 0.466. The predicted octanol–water partition coefficient (Wildman–Crippen LogP) is 2.10. The first-order valence-corrected chi connectivity index (χ1v) is 4.87. The van der Waals surface area contributed by atoms with E-state index in [1.807, 2.05) is 13.8 Å². The minimum Gasteiger partial charge on any atom is -0.505 e. The van der Waals surface area contributed by atoms with Crippen LogP contribution in [0.4, 0.5) is 0 Å². The zero-order valence-corrected chi connectivity index (χ0v) is 8.91. The van der Waals surface area contributed by atoms with Crippen LogP contribution in [0.25, 0.3) is 0 Å². The van der Waals surface area contributed by atoms with Gasteiger partial charge in [-0.05, 0) is 25.8 Å². The summed E-state index contributed by atoms with van der Waals surface area (Å²) in [5.41, 5.74) is 2.49. The monoisotopic (exact) mass is 192 g/mol. The Morgan fingerprint density at radius 3 is 2.79 bits per heavy atom. The second-order valence-electron chi connectivity index (χ2n) is 3.11. The van der Waals surface area contributed by atoms with Gasteiger partial charge in [0.2, 0.25) is 0 Å². The fraction of sp³-hybridized carbons (Fsp3) is 0.455. The molecule has 0 aromatic carbocycles. The van der Waals surface area contributed by atoms with Crippen molar-refractivity contribution < 1.29 is 5.11 Å². The third-order valence-corrected chi connectivity index (χ3v) is 2.14. The van der Waals surface area contributed by atoms with Crippen LogP contribution in [0, 0.1) is 6.92 Å². The van der Waals surface area contributed by atoms with E-state index in [1.165, 1.54) is 0 Å². The van der Waals surface area contributed by atoms with Crippen LogP contribution in [-0.2, 0) is 6.42 Å². The maximum atomic E-state index is 9.78. The Morgan fingerprint density at radius 2 is 2.21 bits per heavy atom. The van der Waals surface area contributed by atoms with Gasteiger partial charge in [0.05, 0.1) is 5.69 Å². The maximum Gasteiger partial charge on any atom is 0.145 e. The lowest BCUT2D eigenvalue weighted by Gasteiger charge is -2.06. The minimum absolute atomic E-state index is 0.251. The average molecular weight is 192 g/mol. The first-order valence-electron chi connectivity index (χ1n) is 4.87. The molecule has 3 heteroatoms. The molecule has 1 heterocycles. The van der Waals surface area contributed by atoms with Gasteiger partial charge in [-0.15, -0.1) is 0 Å². The minimum atomic E-state index is 0.251. The number of hydrogen-bond acceptors (Lipinski definition) is 3. The van der Waals surface area contributed by atoms with E-state index in [0.717, 1.165) is 24.1 Å². The van der Waals surface area contributed by atoms with Gasteiger partial charge in [0.25, 0.3) is 0 Å². The second-order valence-corrected chi connectivity index (χ2v) is 3.11. The summed E-state index contributed by atoms with van der Waals surface area (Å²) in [6, 6.07) is 0. The summed E-state index contributed by atoms with van der Waals surface area (Å²) in [4.78, 5) is 8.25. The van der Waals surface area contributed by atoms with E-state index in [1.54, 1.807) is 19.3 Å². The fourth-order valence-electron chi connectivity index (χ4n) is 1.26. The normalized spacial score (nSPS) is 11.1. The molecule has 0 saturated carbocycles. The highest BCUT2D eigenvalue weighted by Crippen LogP contribution is 2.22. The van der Waals surface area contributed by atoms with Gasteiger partial charge in [-0.2, -0.15) is 0 Å². The van der Waals surface area contributed by atoms with Crippen LogP contribution in [0.15, 0.2) is 11.2 Å². The van der Waals surface area contributed by atoms with Crippen LogP contribution in [0.1, 0.15) is 30.7 Å². The van der Waals surface area contributed by atoms with Crippen LogP contribution < -0.4 is 0 Å². The molecule has 76 valence electrons. The largest absolute Gasteiger partial charge is 0.505 e. The van der Waals surface area contributed by atoms with Crippen molar-refractivity contribution in [1.82, 2.24) is 4.98 Å². The number of nitrogens with zero attached hydrogens (tertiary/aromatic N) is 2. The quantitative estimate of drug-likeness (QED) is 0.745. The first kappa shape index (κ1) is 10.7. The third-order valence-electron chi connectivity index (χ3n) is 2.14. The predicted molar refractivity (Wildman–Crippen MR) is 58.2 cm³/mol. The van der Waals surface area contributed by atoms with Gasteiger partial charge >= 0.3 is 0 Å². The Morgan fingerprint density at radius 1 is 1.50 bits per heavy atom. The lowest BCUT2D eigenvalue weighted by atomic mass is 10.1. The lowest BCUT2D eigenvalue weighted by Crippen LogP contribution is -1.97. The van der Waals surface area contributed by atoms with Crippen molar-refractivity contribution in [2.45, 2.75) is 27.2 Å². The third kappa shape index (κ3) is 2.10. The van der Waals surface area contributed by atoms with E-state index in [9.17, 15) is 5.11 Å². The number of pyridine rings is 1. The number of hydrogen-bond donors (Lipinski definition) is 1. The summed E-state index contributed by atoms with van der Waals surface area (Å²) in [5.74, 6) is 0.251. The highest BCUT2D eigenvalue weighted by atomic mass is 16.3. The standard InChI is InChI=1S/C11H16N2O/c1-4-9-6-13-8(3)11(14)10(9)7-12-5-2/h6-7,14H,4-5H2,1-3H3. The molecule has 0 unspecified atom stereocenters. The van der Waals surface area contributed by atoms with Crippen molar-refractivity contribution in [3.05, 3.63) is 23.0 Å². The van der Waals surface area contributed by atoms with E-state index in [2.05, 4.69) is 9.98 Å². The fourth-order valence-corrected chi connectivity index (χ4v) is 1.26. The van der Waals surface area contributed by atoms with Gasteiger partial charge < -0.3 is 5.11 Å². The molecule has 1 aromatic rings. The summed E-state index contributed by atoms with van der Waals surface area (Å²) in [6.07, 6.45) is 4.38. The Kier molecular flexibility index (Phi) is 3.63. The van der Waals surface area contributed by atoms with Crippen LogP contribution in [0.3, 0.4) is 0 Å². The summed E-state index contributed by atoms with van der Waals surface area (Å²) in [5, 5.41) is 9.78. The molecule has 1 aromatic heterocycles. The van der Waals surface area contributed by atoms with E-state index in [4.69, 9.17) is 0 Å². The number of aryl methyl sites for hydroxylation is 2. The molecule has 0 bridgehead atoms. The van der Waals surface area contributed by atoms with Crippen molar-refractivity contribution in [3.63, 3.8) is 0 Å². The topological polar surface area (TPSA) is 45.5 Å². The number of aromatic nitrogens is 1. The van der Waals surface area contributed by atoms with Crippen LogP contribution in [-0.4, -0.2) is 22.8 Å². The molecule has 0 aliphatic heterocycles. The van der Waals surface area contributed by atoms with Gasteiger partial charge in [-0.25, -0.2) is 0 Å². The Labute approximate surface area is 84.5 Å². The summed E-state index contributed by atoms with van der Waals surface area (Å²) >= 11 is 0. The number of aromatic hydroxyl groups is 1. The highest BCUT2D eigenvalue weighted by Gasteiger charge is 2.07. The summed E-state index contributed by atoms with van der Waals surface area (Å²) in [7, 11) is 0. The van der Waals surface area contributed by atoms with Crippen molar-refractivity contribution in [1.29, 1.82) is 0 Å². The molecular weight excluding hydrogens is 176 g/mol.